The molecule has 13 heavy (non-hydrogen) atoms. The summed E-state index contributed by atoms with van der Waals surface area (Å²) in [6.07, 6.45) is 0. The van der Waals surface area contributed by atoms with Crippen molar-refractivity contribution in [1.82, 2.24) is 4.90 Å². The van der Waals surface area contributed by atoms with Gasteiger partial charge in [0.05, 0.1) is 6.54 Å². The minimum absolute atomic E-state index is 0.00847. The third kappa shape index (κ3) is 5.60. The number of aliphatic carboxylic acids is 1. The topological polar surface area (TPSA) is 66.6 Å². The highest BCUT2D eigenvalue weighted by atomic mass is 16.4. The van der Waals surface area contributed by atoms with Gasteiger partial charge in [0, 0.05) is 6.54 Å². The molecule has 0 heterocycles. The number of carboxylic acid groups (broad SMARTS) is 1. The van der Waals surface area contributed by atoms with Crippen LogP contribution in [0.15, 0.2) is 0 Å². The van der Waals surface area contributed by atoms with E-state index in [0.717, 1.165) is 13.1 Å². The Morgan fingerprint density at radius 3 is 2.38 bits per heavy atom. The van der Waals surface area contributed by atoms with Crippen molar-refractivity contribution in [3.05, 3.63) is 0 Å². The van der Waals surface area contributed by atoms with Crippen LogP contribution >= 0.6 is 0 Å². The zero-order valence-corrected chi connectivity index (χ0v) is 8.71. The molecule has 0 bridgehead atoms. The zero-order chi connectivity index (χ0) is 10.5. The molecule has 0 atom stereocenters. The number of rotatable bonds is 6. The lowest BCUT2D eigenvalue weighted by Gasteiger charge is -2.29. The Morgan fingerprint density at radius 1 is 1.54 bits per heavy atom. The minimum Gasteiger partial charge on any atom is -0.480 e. The second-order valence-electron chi connectivity index (χ2n) is 4.07. The Morgan fingerprint density at radius 2 is 2.08 bits per heavy atom. The lowest BCUT2D eigenvalue weighted by Crippen LogP contribution is -2.41. The van der Waals surface area contributed by atoms with Crippen molar-refractivity contribution < 1.29 is 9.90 Å². The van der Waals surface area contributed by atoms with E-state index in [1.54, 1.807) is 0 Å². The largest absolute Gasteiger partial charge is 0.480 e. The molecule has 4 nitrogen and oxygen atoms in total. The van der Waals surface area contributed by atoms with Gasteiger partial charge in [-0.1, -0.05) is 20.8 Å². The first-order valence-electron chi connectivity index (χ1n) is 4.55. The number of nitrogens with zero attached hydrogens (tertiary/aromatic N) is 1. The Hall–Kier alpha value is -0.610. The molecule has 0 aliphatic heterocycles. The molecule has 0 aromatic rings. The van der Waals surface area contributed by atoms with E-state index < -0.39 is 5.97 Å². The number of likely N-dealkylation sites (N-methyl/N-ethyl adjacent to an activating group) is 1. The van der Waals surface area contributed by atoms with Crippen LogP contribution in [0.4, 0.5) is 0 Å². The summed E-state index contributed by atoms with van der Waals surface area (Å²) in [6, 6.07) is 0. The molecule has 0 radical (unpaired) electrons. The molecule has 0 fully saturated rings. The standard InChI is InChI=1S/C9H20N2O2/c1-4-11(5-8(12)13)7-9(2,3)6-10/h4-7,10H2,1-3H3,(H,12,13). The summed E-state index contributed by atoms with van der Waals surface area (Å²) in [5.74, 6) is -0.783. The fourth-order valence-electron chi connectivity index (χ4n) is 1.14. The number of carboxylic acids is 1. The summed E-state index contributed by atoms with van der Waals surface area (Å²) in [4.78, 5) is 12.4. The average molecular weight is 188 g/mol. The van der Waals surface area contributed by atoms with E-state index in [4.69, 9.17) is 10.8 Å². The highest BCUT2D eigenvalue weighted by molar-refractivity contribution is 5.69. The molecule has 0 spiro atoms. The third-order valence-electron chi connectivity index (χ3n) is 2.01. The van der Waals surface area contributed by atoms with E-state index in [2.05, 4.69) is 0 Å². The van der Waals surface area contributed by atoms with Gasteiger partial charge in [0.15, 0.2) is 0 Å². The number of nitrogens with two attached hydrogens (primary N) is 1. The number of hydrogen-bond acceptors (Lipinski definition) is 3. The normalized spacial score (nSPS) is 12.1. The first-order chi connectivity index (χ1) is 5.91. The van der Waals surface area contributed by atoms with Gasteiger partial charge in [0.2, 0.25) is 0 Å². The molecular formula is C9H20N2O2. The Balaban J connectivity index is 4.04. The molecule has 4 heteroatoms. The third-order valence-corrected chi connectivity index (χ3v) is 2.01. The van der Waals surface area contributed by atoms with Crippen LogP contribution in [0.5, 0.6) is 0 Å². The summed E-state index contributed by atoms with van der Waals surface area (Å²) in [6.45, 7) is 8.18. The Bertz CT molecular complexity index is 169. The quantitative estimate of drug-likeness (QED) is 0.632. The van der Waals surface area contributed by atoms with E-state index in [-0.39, 0.29) is 12.0 Å². The summed E-state index contributed by atoms with van der Waals surface area (Å²) in [5, 5.41) is 8.61. The van der Waals surface area contributed by atoms with Crippen LogP contribution < -0.4 is 5.73 Å². The van der Waals surface area contributed by atoms with Crippen LogP contribution in [0.1, 0.15) is 20.8 Å². The fraction of sp³-hybridized carbons (Fsp3) is 0.889. The van der Waals surface area contributed by atoms with Crippen LogP contribution in [0.25, 0.3) is 0 Å². The Kier molecular flexibility index (Phi) is 4.95. The van der Waals surface area contributed by atoms with Gasteiger partial charge in [-0.25, -0.2) is 0 Å². The van der Waals surface area contributed by atoms with Crippen molar-refractivity contribution in [2.45, 2.75) is 20.8 Å². The van der Waals surface area contributed by atoms with Crippen LogP contribution in [0.3, 0.4) is 0 Å². The summed E-state index contributed by atoms with van der Waals surface area (Å²) >= 11 is 0. The molecule has 0 unspecified atom stereocenters. The second-order valence-corrected chi connectivity index (χ2v) is 4.07. The summed E-state index contributed by atoms with van der Waals surface area (Å²) in [5.41, 5.74) is 5.56. The maximum absolute atomic E-state index is 10.5. The maximum atomic E-state index is 10.5. The predicted octanol–water partition coefficient (Wildman–Crippen LogP) is 0.378. The van der Waals surface area contributed by atoms with Gasteiger partial charge in [-0.2, -0.15) is 0 Å². The molecule has 0 aliphatic rings. The molecule has 0 rings (SSSR count). The average Bonchev–Trinajstić information content (AvgIpc) is 2.02. The van der Waals surface area contributed by atoms with Gasteiger partial charge in [-0.3, -0.25) is 9.69 Å². The molecule has 0 saturated heterocycles. The molecule has 3 N–H and O–H groups in total. The predicted molar refractivity (Wildman–Crippen MR) is 52.6 cm³/mol. The zero-order valence-electron chi connectivity index (χ0n) is 8.71. The van der Waals surface area contributed by atoms with E-state index in [9.17, 15) is 4.79 Å². The highest BCUT2D eigenvalue weighted by Gasteiger charge is 2.20. The summed E-state index contributed by atoms with van der Waals surface area (Å²) in [7, 11) is 0. The van der Waals surface area contributed by atoms with Crippen molar-refractivity contribution in [2.24, 2.45) is 11.1 Å². The van der Waals surface area contributed by atoms with Crippen LogP contribution in [-0.2, 0) is 4.79 Å². The molecule has 0 saturated carbocycles. The van der Waals surface area contributed by atoms with Gasteiger partial charge >= 0.3 is 5.97 Å². The lowest BCUT2D eigenvalue weighted by atomic mass is 9.93. The highest BCUT2D eigenvalue weighted by Crippen LogP contribution is 2.14. The van der Waals surface area contributed by atoms with Crippen molar-refractivity contribution in [1.29, 1.82) is 0 Å². The summed E-state index contributed by atoms with van der Waals surface area (Å²) < 4.78 is 0. The van der Waals surface area contributed by atoms with Gasteiger partial charge < -0.3 is 10.8 Å². The molecule has 0 aromatic carbocycles. The molecule has 0 aromatic heterocycles. The van der Waals surface area contributed by atoms with E-state index >= 15 is 0 Å². The van der Waals surface area contributed by atoms with Gasteiger partial charge in [-0.05, 0) is 18.5 Å². The first-order valence-corrected chi connectivity index (χ1v) is 4.55. The van der Waals surface area contributed by atoms with Crippen molar-refractivity contribution in [3.8, 4) is 0 Å². The van der Waals surface area contributed by atoms with Gasteiger partial charge in [0.25, 0.3) is 0 Å². The second kappa shape index (κ2) is 5.19. The van der Waals surface area contributed by atoms with Gasteiger partial charge in [-0.15, -0.1) is 0 Å². The van der Waals surface area contributed by atoms with Crippen LogP contribution in [0, 0.1) is 5.41 Å². The van der Waals surface area contributed by atoms with Crippen molar-refractivity contribution in [2.75, 3.05) is 26.2 Å². The van der Waals surface area contributed by atoms with Crippen molar-refractivity contribution >= 4 is 5.97 Å². The van der Waals surface area contributed by atoms with Crippen LogP contribution in [-0.4, -0.2) is 42.2 Å². The Labute approximate surface area is 79.7 Å². The lowest BCUT2D eigenvalue weighted by molar-refractivity contribution is -0.138. The minimum atomic E-state index is -0.783. The number of hydrogen-bond donors (Lipinski definition) is 2. The van der Waals surface area contributed by atoms with E-state index in [0.29, 0.717) is 6.54 Å². The maximum Gasteiger partial charge on any atom is 0.317 e. The van der Waals surface area contributed by atoms with E-state index in [1.807, 2.05) is 25.7 Å². The number of carbonyl (C=O) groups is 1. The fourth-order valence-corrected chi connectivity index (χ4v) is 1.14. The van der Waals surface area contributed by atoms with Crippen LogP contribution in [0.2, 0.25) is 0 Å². The molecule has 0 amide bonds. The monoisotopic (exact) mass is 188 g/mol. The smallest absolute Gasteiger partial charge is 0.317 e. The molecule has 0 aliphatic carbocycles. The molecule has 78 valence electrons. The first kappa shape index (κ1) is 12.4. The SMILES string of the molecule is CCN(CC(=O)O)CC(C)(C)CN. The van der Waals surface area contributed by atoms with Crippen molar-refractivity contribution in [3.63, 3.8) is 0 Å². The molecular weight excluding hydrogens is 168 g/mol. The van der Waals surface area contributed by atoms with E-state index in [1.165, 1.54) is 0 Å². The van der Waals surface area contributed by atoms with Gasteiger partial charge in [0.1, 0.15) is 0 Å².